The van der Waals surface area contributed by atoms with Crippen LogP contribution in [0, 0.1) is 0 Å². The number of hydrogen-bond acceptors (Lipinski definition) is 3. The van der Waals surface area contributed by atoms with E-state index in [1.807, 2.05) is 13.8 Å². The molecule has 0 aromatic heterocycles. The van der Waals surface area contributed by atoms with Gasteiger partial charge >= 0.3 is 6.03 Å². The number of carbonyl (C=O) groups excluding carboxylic acids is 1. The van der Waals surface area contributed by atoms with Crippen LogP contribution in [-0.2, 0) is 4.74 Å². The smallest absolute Gasteiger partial charge is 0.315 e. The molecule has 0 heterocycles. The van der Waals surface area contributed by atoms with Crippen LogP contribution >= 0.6 is 0 Å². The van der Waals surface area contributed by atoms with Gasteiger partial charge in [0.1, 0.15) is 0 Å². The number of nitrogens with two attached hydrogens (primary N) is 1. The van der Waals surface area contributed by atoms with Gasteiger partial charge in [-0.25, -0.2) is 4.79 Å². The lowest BCUT2D eigenvalue weighted by atomic mass is 9.94. The van der Waals surface area contributed by atoms with Crippen LogP contribution in [0.1, 0.15) is 39.5 Å². The summed E-state index contributed by atoms with van der Waals surface area (Å²) in [7, 11) is 0. The molecule has 0 unspecified atom stereocenters. The zero-order chi connectivity index (χ0) is 12.7. The molecule has 100 valence electrons. The fourth-order valence-electron chi connectivity index (χ4n) is 1.96. The van der Waals surface area contributed by atoms with Crippen molar-refractivity contribution in [1.29, 1.82) is 0 Å². The molecule has 0 aromatic rings. The van der Waals surface area contributed by atoms with E-state index in [9.17, 15) is 4.79 Å². The largest absolute Gasteiger partial charge is 0.376 e. The standard InChI is InChI=1S/C12H25N3O2/c1-9(2)15-12(16)14-7-8-17-11-5-3-10(13)4-6-11/h9-11H,3-8,13H2,1-2H3,(H2,14,15,16). The number of urea groups is 1. The molecule has 1 fully saturated rings. The molecule has 1 rings (SSSR count). The van der Waals surface area contributed by atoms with E-state index in [2.05, 4.69) is 10.6 Å². The maximum Gasteiger partial charge on any atom is 0.315 e. The van der Waals surface area contributed by atoms with Gasteiger partial charge in [-0.3, -0.25) is 0 Å². The molecule has 1 aliphatic rings. The predicted molar refractivity (Wildman–Crippen MR) is 67.9 cm³/mol. The molecule has 0 atom stereocenters. The van der Waals surface area contributed by atoms with Crippen molar-refractivity contribution in [2.45, 2.75) is 57.7 Å². The van der Waals surface area contributed by atoms with Gasteiger partial charge in [-0.15, -0.1) is 0 Å². The van der Waals surface area contributed by atoms with Crippen molar-refractivity contribution in [3.63, 3.8) is 0 Å². The number of ether oxygens (including phenoxy) is 1. The van der Waals surface area contributed by atoms with Gasteiger partial charge in [0.15, 0.2) is 0 Å². The molecule has 5 heteroatoms. The van der Waals surface area contributed by atoms with Gasteiger partial charge in [0.2, 0.25) is 0 Å². The zero-order valence-corrected chi connectivity index (χ0v) is 10.9. The van der Waals surface area contributed by atoms with E-state index in [1.165, 1.54) is 0 Å². The highest BCUT2D eigenvalue weighted by Crippen LogP contribution is 2.19. The SMILES string of the molecule is CC(C)NC(=O)NCCOC1CCC(N)CC1. The van der Waals surface area contributed by atoms with Crippen LogP contribution < -0.4 is 16.4 Å². The molecule has 17 heavy (non-hydrogen) atoms. The quantitative estimate of drug-likeness (QED) is 0.630. The Morgan fingerprint density at radius 3 is 2.59 bits per heavy atom. The second-order valence-corrected chi connectivity index (χ2v) is 4.96. The van der Waals surface area contributed by atoms with Gasteiger partial charge in [0.25, 0.3) is 0 Å². The monoisotopic (exact) mass is 243 g/mol. The molecule has 2 amide bonds. The van der Waals surface area contributed by atoms with Gasteiger partial charge in [-0.1, -0.05) is 0 Å². The molecule has 0 aliphatic heterocycles. The highest BCUT2D eigenvalue weighted by molar-refractivity contribution is 5.73. The maximum absolute atomic E-state index is 11.3. The van der Waals surface area contributed by atoms with Gasteiger partial charge in [-0.05, 0) is 39.5 Å². The Kier molecular flexibility index (Phi) is 6.29. The minimum Gasteiger partial charge on any atom is -0.376 e. The van der Waals surface area contributed by atoms with Crippen LogP contribution in [0.15, 0.2) is 0 Å². The van der Waals surface area contributed by atoms with E-state index >= 15 is 0 Å². The van der Waals surface area contributed by atoms with Gasteiger partial charge in [0.05, 0.1) is 12.7 Å². The molecule has 1 saturated carbocycles. The van der Waals surface area contributed by atoms with Crippen molar-refractivity contribution in [3.05, 3.63) is 0 Å². The number of amides is 2. The molecule has 5 nitrogen and oxygen atoms in total. The first-order valence-electron chi connectivity index (χ1n) is 6.49. The summed E-state index contributed by atoms with van der Waals surface area (Å²) in [6.07, 6.45) is 4.50. The highest BCUT2D eigenvalue weighted by Gasteiger charge is 2.18. The predicted octanol–water partition coefficient (Wildman–Crippen LogP) is 0.980. The minimum absolute atomic E-state index is 0.130. The number of hydrogen-bond donors (Lipinski definition) is 3. The van der Waals surface area contributed by atoms with Crippen LogP contribution in [0.2, 0.25) is 0 Å². The zero-order valence-electron chi connectivity index (χ0n) is 10.9. The van der Waals surface area contributed by atoms with Crippen molar-refractivity contribution >= 4 is 6.03 Å². The van der Waals surface area contributed by atoms with Crippen LogP contribution in [0.25, 0.3) is 0 Å². The molecule has 0 aromatic carbocycles. The first-order valence-corrected chi connectivity index (χ1v) is 6.49. The fraction of sp³-hybridized carbons (Fsp3) is 0.917. The van der Waals surface area contributed by atoms with Crippen molar-refractivity contribution < 1.29 is 9.53 Å². The third kappa shape index (κ3) is 6.48. The second kappa shape index (κ2) is 7.50. The number of rotatable bonds is 5. The Labute approximate surface area is 103 Å². The Morgan fingerprint density at radius 2 is 2.00 bits per heavy atom. The first-order chi connectivity index (χ1) is 8.08. The summed E-state index contributed by atoms with van der Waals surface area (Å²) in [6.45, 7) is 5.00. The molecule has 0 saturated heterocycles. The normalized spacial score (nSPS) is 24.7. The van der Waals surface area contributed by atoms with E-state index in [1.54, 1.807) is 0 Å². The molecular weight excluding hydrogens is 218 g/mol. The van der Waals surface area contributed by atoms with Gasteiger partial charge < -0.3 is 21.1 Å². The first kappa shape index (κ1) is 14.3. The third-order valence-electron chi connectivity index (χ3n) is 2.88. The molecule has 0 bridgehead atoms. The average Bonchev–Trinajstić information content (AvgIpc) is 2.26. The minimum atomic E-state index is -0.130. The topological polar surface area (TPSA) is 76.4 Å². The lowest BCUT2D eigenvalue weighted by Gasteiger charge is -2.26. The number of carbonyl (C=O) groups is 1. The average molecular weight is 243 g/mol. The lowest BCUT2D eigenvalue weighted by Crippen LogP contribution is -2.41. The van der Waals surface area contributed by atoms with E-state index in [-0.39, 0.29) is 12.1 Å². The van der Waals surface area contributed by atoms with E-state index < -0.39 is 0 Å². The lowest BCUT2D eigenvalue weighted by molar-refractivity contribution is 0.0278. The highest BCUT2D eigenvalue weighted by atomic mass is 16.5. The van der Waals surface area contributed by atoms with Gasteiger partial charge in [-0.2, -0.15) is 0 Å². The second-order valence-electron chi connectivity index (χ2n) is 4.96. The summed E-state index contributed by atoms with van der Waals surface area (Å²) < 4.78 is 5.69. The maximum atomic E-state index is 11.3. The molecule has 1 aliphatic carbocycles. The van der Waals surface area contributed by atoms with Crippen molar-refractivity contribution in [3.8, 4) is 0 Å². The van der Waals surface area contributed by atoms with E-state index in [0.717, 1.165) is 25.7 Å². The fourth-order valence-corrected chi connectivity index (χ4v) is 1.96. The van der Waals surface area contributed by atoms with Crippen molar-refractivity contribution in [1.82, 2.24) is 10.6 Å². The van der Waals surface area contributed by atoms with Crippen molar-refractivity contribution in [2.24, 2.45) is 5.73 Å². The van der Waals surface area contributed by atoms with E-state index in [4.69, 9.17) is 10.5 Å². The molecule has 0 radical (unpaired) electrons. The van der Waals surface area contributed by atoms with E-state index in [0.29, 0.717) is 25.3 Å². The molecule has 0 spiro atoms. The van der Waals surface area contributed by atoms with Crippen LogP contribution in [-0.4, -0.2) is 37.4 Å². The van der Waals surface area contributed by atoms with Crippen LogP contribution in [0.4, 0.5) is 4.79 Å². The summed E-state index contributed by atoms with van der Waals surface area (Å²) in [6, 6.07) is 0.384. The molecular formula is C12H25N3O2. The Hall–Kier alpha value is -0.810. The Bertz CT molecular complexity index is 226. The Balaban J connectivity index is 1.99. The molecule has 4 N–H and O–H groups in total. The Morgan fingerprint density at radius 1 is 1.35 bits per heavy atom. The van der Waals surface area contributed by atoms with Crippen LogP contribution in [0.5, 0.6) is 0 Å². The summed E-state index contributed by atoms with van der Waals surface area (Å²) in [4.78, 5) is 11.3. The van der Waals surface area contributed by atoms with Gasteiger partial charge in [0, 0.05) is 18.6 Å². The number of nitrogens with one attached hydrogen (secondary N) is 2. The van der Waals surface area contributed by atoms with Crippen molar-refractivity contribution in [2.75, 3.05) is 13.2 Å². The summed E-state index contributed by atoms with van der Waals surface area (Å²) in [5, 5.41) is 5.53. The summed E-state index contributed by atoms with van der Waals surface area (Å²) >= 11 is 0. The summed E-state index contributed by atoms with van der Waals surface area (Å²) in [5.41, 5.74) is 5.82. The summed E-state index contributed by atoms with van der Waals surface area (Å²) in [5.74, 6) is 0. The van der Waals surface area contributed by atoms with Crippen LogP contribution in [0.3, 0.4) is 0 Å². The third-order valence-corrected chi connectivity index (χ3v) is 2.88.